The third kappa shape index (κ3) is 0.846. The Kier molecular flexibility index (Phi) is 1.71. The van der Waals surface area contributed by atoms with Crippen molar-refractivity contribution in [2.45, 2.75) is 12.5 Å². The minimum atomic E-state index is 0.852. The molecule has 6 heavy (non-hydrogen) atoms. The van der Waals surface area contributed by atoms with Crippen molar-refractivity contribution in [3.05, 3.63) is 0 Å². The monoisotopic (exact) mass is 197 g/mol. The van der Waals surface area contributed by atoms with E-state index in [2.05, 4.69) is 27.9 Å². The molecule has 0 aromatic heterocycles. The lowest BCUT2D eigenvalue weighted by Crippen LogP contribution is -2.43. The van der Waals surface area contributed by atoms with Crippen molar-refractivity contribution < 1.29 is 0 Å². The standard InChI is InChI=1S/C4H8IN/c5-3-4-1-2-6-4/h4,6H,1-3H2. The van der Waals surface area contributed by atoms with Crippen LogP contribution in [0.15, 0.2) is 0 Å². The summed E-state index contributed by atoms with van der Waals surface area (Å²) in [4.78, 5) is 0. The number of nitrogens with one attached hydrogen (secondary N) is 1. The van der Waals surface area contributed by atoms with Gasteiger partial charge in [0.25, 0.3) is 0 Å². The summed E-state index contributed by atoms with van der Waals surface area (Å²) in [6.45, 7) is 1.24. The summed E-state index contributed by atoms with van der Waals surface area (Å²) in [5, 5.41) is 3.29. The van der Waals surface area contributed by atoms with Gasteiger partial charge >= 0.3 is 0 Å². The summed E-state index contributed by atoms with van der Waals surface area (Å²) >= 11 is 2.40. The Labute approximate surface area is 51.6 Å². The topological polar surface area (TPSA) is 12.0 Å². The van der Waals surface area contributed by atoms with Gasteiger partial charge in [0.15, 0.2) is 0 Å². The first kappa shape index (κ1) is 4.84. The van der Waals surface area contributed by atoms with Crippen molar-refractivity contribution in [3.63, 3.8) is 0 Å². The van der Waals surface area contributed by atoms with Gasteiger partial charge < -0.3 is 5.32 Å². The maximum absolute atomic E-state index is 3.29. The van der Waals surface area contributed by atoms with Gasteiger partial charge in [0.2, 0.25) is 0 Å². The van der Waals surface area contributed by atoms with Gasteiger partial charge in [-0.2, -0.15) is 0 Å². The Morgan fingerprint density at radius 1 is 1.83 bits per heavy atom. The quantitative estimate of drug-likeness (QED) is 0.483. The van der Waals surface area contributed by atoms with Crippen molar-refractivity contribution in [2.24, 2.45) is 0 Å². The summed E-state index contributed by atoms with van der Waals surface area (Å²) in [5.41, 5.74) is 0. The van der Waals surface area contributed by atoms with Crippen LogP contribution in [0, 0.1) is 0 Å². The highest BCUT2D eigenvalue weighted by atomic mass is 127. The number of hydrogen-bond acceptors (Lipinski definition) is 1. The first-order valence-electron chi connectivity index (χ1n) is 2.23. The van der Waals surface area contributed by atoms with Crippen molar-refractivity contribution in [3.8, 4) is 0 Å². The molecule has 0 spiro atoms. The molecule has 1 aliphatic rings. The summed E-state index contributed by atoms with van der Waals surface area (Å²) in [5.74, 6) is 0. The fourth-order valence-electron chi connectivity index (χ4n) is 0.480. The Bertz CT molecular complexity index is 40.1. The molecule has 1 atom stereocenters. The first-order valence-corrected chi connectivity index (χ1v) is 3.75. The Balaban J connectivity index is 2.01. The SMILES string of the molecule is ICC1CCN1. The minimum Gasteiger partial charge on any atom is -0.313 e. The van der Waals surface area contributed by atoms with Crippen LogP contribution < -0.4 is 5.32 Å². The minimum absolute atomic E-state index is 0.852. The van der Waals surface area contributed by atoms with E-state index in [1.165, 1.54) is 17.4 Å². The normalized spacial score (nSPS) is 32.5. The van der Waals surface area contributed by atoms with Crippen LogP contribution in [-0.2, 0) is 0 Å². The summed E-state index contributed by atoms with van der Waals surface area (Å²) < 4.78 is 1.28. The predicted octanol–water partition coefficient (Wildman–Crippen LogP) is 0.783. The van der Waals surface area contributed by atoms with E-state index in [1.54, 1.807) is 0 Å². The molecule has 0 saturated carbocycles. The number of alkyl halides is 1. The van der Waals surface area contributed by atoms with Crippen molar-refractivity contribution in [2.75, 3.05) is 11.0 Å². The molecular formula is C4H8IN. The second-order valence-electron chi connectivity index (χ2n) is 1.59. The van der Waals surface area contributed by atoms with Crippen molar-refractivity contribution >= 4 is 22.6 Å². The Morgan fingerprint density at radius 2 is 2.50 bits per heavy atom. The molecule has 1 saturated heterocycles. The molecule has 2 heteroatoms. The lowest BCUT2D eigenvalue weighted by atomic mass is 10.1. The van der Waals surface area contributed by atoms with E-state index in [1.807, 2.05) is 0 Å². The summed E-state index contributed by atoms with van der Waals surface area (Å²) in [6.07, 6.45) is 1.39. The summed E-state index contributed by atoms with van der Waals surface area (Å²) in [6, 6.07) is 0.852. The highest BCUT2D eigenvalue weighted by Crippen LogP contribution is 2.03. The van der Waals surface area contributed by atoms with Crippen LogP contribution in [0.1, 0.15) is 6.42 Å². The van der Waals surface area contributed by atoms with Crippen LogP contribution >= 0.6 is 22.6 Å². The Morgan fingerprint density at radius 3 is 2.50 bits per heavy atom. The van der Waals surface area contributed by atoms with E-state index >= 15 is 0 Å². The van der Waals surface area contributed by atoms with E-state index in [4.69, 9.17) is 0 Å². The van der Waals surface area contributed by atoms with E-state index in [0.29, 0.717) is 0 Å². The number of hydrogen-bond donors (Lipinski definition) is 1. The van der Waals surface area contributed by atoms with Gasteiger partial charge in [-0.05, 0) is 13.0 Å². The highest BCUT2D eigenvalue weighted by Gasteiger charge is 2.12. The average Bonchev–Trinajstić information content (AvgIpc) is 1.31. The smallest absolute Gasteiger partial charge is 0.0169 e. The van der Waals surface area contributed by atoms with Crippen molar-refractivity contribution in [1.82, 2.24) is 5.32 Å². The molecule has 1 nitrogen and oxygen atoms in total. The predicted molar refractivity (Wildman–Crippen MR) is 35.3 cm³/mol. The second kappa shape index (κ2) is 2.12. The van der Waals surface area contributed by atoms with Crippen LogP contribution in [0.5, 0.6) is 0 Å². The lowest BCUT2D eigenvalue weighted by Gasteiger charge is -2.24. The maximum atomic E-state index is 3.29. The van der Waals surface area contributed by atoms with E-state index in [0.717, 1.165) is 6.04 Å². The highest BCUT2D eigenvalue weighted by molar-refractivity contribution is 14.1. The molecule has 1 unspecified atom stereocenters. The van der Waals surface area contributed by atoms with Gasteiger partial charge in [0, 0.05) is 10.5 Å². The van der Waals surface area contributed by atoms with Gasteiger partial charge in [0.05, 0.1) is 0 Å². The molecule has 36 valence electrons. The molecule has 0 bridgehead atoms. The lowest BCUT2D eigenvalue weighted by molar-refractivity contribution is 0.410. The second-order valence-corrected chi connectivity index (χ2v) is 2.47. The van der Waals surface area contributed by atoms with Gasteiger partial charge in [0.1, 0.15) is 0 Å². The third-order valence-electron chi connectivity index (χ3n) is 1.11. The largest absolute Gasteiger partial charge is 0.313 e. The number of halogens is 1. The maximum Gasteiger partial charge on any atom is 0.0169 e. The molecular weight excluding hydrogens is 189 g/mol. The van der Waals surface area contributed by atoms with E-state index < -0.39 is 0 Å². The Hall–Kier alpha value is 0.690. The molecule has 1 rings (SSSR count). The van der Waals surface area contributed by atoms with Crippen LogP contribution in [0.25, 0.3) is 0 Å². The fourth-order valence-corrected chi connectivity index (χ4v) is 1.23. The third-order valence-corrected chi connectivity index (χ3v) is 2.18. The van der Waals surface area contributed by atoms with Crippen molar-refractivity contribution in [1.29, 1.82) is 0 Å². The summed E-state index contributed by atoms with van der Waals surface area (Å²) in [7, 11) is 0. The van der Waals surface area contributed by atoms with Gasteiger partial charge in [-0.25, -0.2) is 0 Å². The molecule has 0 radical (unpaired) electrons. The molecule has 1 N–H and O–H groups in total. The molecule has 0 aromatic rings. The fraction of sp³-hybridized carbons (Fsp3) is 1.00. The zero-order valence-electron chi connectivity index (χ0n) is 3.58. The molecule has 1 aliphatic heterocycles. The first-order chi connectivity index (χ1) is 2.93. The van der Waals surface area contributed by atoms with E-state index in [9.17, 15) is 0 Å². The number of rotatable bonds is 1. The molecule has 0 aliphatic carbocycles. The van der Waals surface area contributed by atoms with Gasteiger partial charge in [-0.15, -0.1) is 0 Å². The van der Waals surface area contributed by atoms with Crippen LogP contribution in [0.4, 0.5) is 0 Å². The average molecular weight is 197 g/mol. The van der Waals surface area contributed by atoms with Gasteiger partial charge in [-0.1, -0.05) is 22.6 Å². The van der Waals surface area contributed by atoms with Crippen LogP contribution in [-0.4, -0.2) is 17.0 Å². The molecule has 0 aromatic carbocycles. The van der Waals surface area contributed by atoms with E-state index in [-0.39, 0.29) is 0 Å². The van der Waals surface area contributed by atoms with Crippen LogP contribution in [0.2, 0.25) is 0 Å². The van der Waals surface area contributed by atoms with Gasteiger partial charge in [-0.3, -0.25) is 0 Å². The molecule has 0 amide bonds. The zero-order chi connectivity index (χ0) is 4.41. The van der Waals surface area contributed by atoms with Crippen LogP contribution in [0.3, 0.4) is 0 Å². The molecule has 1 heterocycles. The zero-order valence-corrected chi connectivity index (χ0v) is 5.73. The molecule has 1 fully saturated rings.